The summed E-state index contributed by atoms with van der Waals surface area (Å²) in [6.07, 6.45) is 1.11. The predicted octanol–water partition coefficient (Wildman–Crippen LogP) is 0.839. The zero-order chi connectivity index (χ0) is 18.4. The Balaban J connectivity index is 2.08. The predicted molar refractivity (Wildman–Crippen MR) is 94.0 cm³/mol. The highest BCUT2D eigenvalue weighted by Gasteiger charge is 2.42. The number of methoxy groups -OCH3 is 1. The second-order valence-corrected chi connectivity index (χ2v) is 6.66. The Bertz CT molecular complexity index is 599. The zero-order valence-electron chi connectivity index (χ0n) is 15.2. The van der Waals surface area contributed by atoms with Gasteiger partial charge >= 0.3 is 0 Å². The molecule has 1 fully saturated rings. The molecule has 7 heteroatoms. The number of benzene rings is 1. The summed E-state index contributed by atoms with van der Waals surface area (Å²) in [5, 5.41) is 13.9. The minimum absolute atomic E-state index is 0.129. The van der Waals surface area contributed by atoms with E-state index in [0.29, 0.717) is 30.7 Å². The van der Waals surface area contributed by atoms with Crippen molar-refractivity contribution in [3.05, 3.63) is 29.6 Å². The van der Waals surface area contributed by atoms with Gasteiger partial charge in [0, 0.05) is 38.3 Å². The number of nitrogens with zero attached hydrogens (tertiary/aromatic N) is 2. The number of nitrogens with one attached hydrogen (secondary N) is 1. The van der Waals surface area contributed by atoms with E-state index in [1.165, 1.54) is 18.1 Å². The smallest absolute Gasteiger partial charge is 0.256 e. The summed E-state index contributed by atoms with van der Waals surface area (Å²) in [6.45, 7) is 2.42. The van der Waals surface area contributed by atoms with E-state index < -0.39 is 5.60 Å². The van der Waals surface area contributed by atoms with Gasteiger partial charge in [0.15, 0.2) is 5.60 Å². The van der Waals surface area contributed by atoms with Gasteiger partial charge in [-0.2, -0.15) is 0 Å². The standard InChI is InChI=1S/C18H28FN3O3/c1-20-8-10-21(2)13-18(24)7-4-9-22(17(18)23)12-14-11-15(25-3)5-6-16(14)19/h5-6,11,20,24H,4,7-10,12-13H2,1-3H3/t18-/m1/s1. The van der Waals surface area contributed by atoms with Crippen molar-refractivity contribution in [1.29, 1.82) is 0 Å². The summed E-state index contributed by atoms with van der Waals surface area (Å²) in [4.78, 5) is 16.3. The lowest BCUT2D eigenvalue weighted by atomic mass is 9.90. The van der Waals surface area contributed by atoms with Crippen LogP contribution in [0.5, 0.6) is 5.75 Å². The van der Waals surface area contributed by atoms with Crippen molar-refractivity contribution < 1.29 is 19.0 Å². The average Bonchev–Trinajstić information content (AvgIpc) is 2.59. The van der Waals surface area contributed by atoms with Crippen molar-refractivity contribution in [3.63, 3.8) is 0 Å². The van der Waals surface area contributed by atoms with Gasteiger partial charge in [0.25, 0.3) is 5.91 Å². The van der Waals surface area contributed by atoms with Crippen LogP contribution >= 0.6 is 0 Å². The normalized spacial score (nSPS) is 21.0. The molecule has 25 heavy (non-hydrogen) atoms. The molecule has 0 radical (unpaired) electrons. The molecule has 1 aromatic carbocycles. The Kier molecular flexibility index (Phi) is 6.75. The molecule has 1 aliphatic heterocycles. The van der Waals surface area contributed by atoms with Gasteiger partial charge in [0.1, 0.15) is 11.6 Å². The Morgan fingerprint density at radius 2 is 2.24 bits per heavy atom. The zero-order valence-corrected chi connectivity index (χ0v) is 15.2. The highest BCUT2D eigenvalue weighted by atomic mass is 19.1. The van der Waals surface area contributed by atoms with Gasteiger partial charge in [-0.3, -0.25) is 4.79 Å². The molecule has 0 saturated carbocycles. The molecule has 0 bridgehead atoms. The summed E-state index contributed by atoms with van der Waals surface area (Å²) >= 11 is 0. The lowest BCUT2D eigenvalue weighted by Crippen LogP contribution is -2.58. The number of likely N-dealkylation sites (N-methyl/N-ethyl adjacent to an activating group) is 2. The summed E-state index contributed by atoms with van der Waals surface area (Å²) < 4.78 is 19.2. The minimum atomic E-state index is -1.42. The molecule has 1 aromatic rings. The number of rotatable bonds is 8. The number of ether oxygens (including phenoxy) is 1. The molecule has 2 N–H and O–H groups in total. The third-order valence-electron chi connectivity index (χ3n) is 4.59. The Hall–Kier alpha value is -1.70. The summed E-state index contributed by atoms with van der Waals surface area (Å²) in [7, 11) is 5.25. The van der Waals surface area contributed by atoms with E-state index in [-0.39, 0.29) is 24.8 Å². The number of carbonyl (C=O) groups excluding carboxylic acids is 1. The van der Waals surface area contributed by atoms with Crippen LogP contribution in [0.15, 0.2) is 18.2 Å². The first kappa shape index (κ1) is 19.6. The highest BCUT2D eigenvalue weighted by molar-refractivity contribution is 5.86. The van der Waals surface area contributed by atoms with Crippen molar-refractivity contribution in [1.82, 2.24) is 15.1 Å². The number of aliphatic hydroxyl groups is 1. The lowest BCUT2D eigenvalue weighted by Gasteiger charge is -2.40. The first-order valence-electron chi connectivity index (χ1n) is 8.57. The van der Waals surface area contributed by atoms with Crippen molar-refractivity contribution in [2.45, 2.75) is 25.0 Å². The molecule has 1 heterocycles. The van der Waals surface area contributed by atoms with Crippen LogP contribution in [0.25, 0.3) is 0 Å². The van der Waals surface area contributed by atoms with Crippen molar-refractivity contribution in [3.8, 4) is 5.75 Å². The van der Waals surface area contributed by atoms with Crippen LogP contribution in [-0.2, 0) is 11.3 Å². The SMILES string of the molecule is CNCCN(C)C[C@]1(O)CCCN(Cc2cc(OC)ccc2F)C1=O. The van der Waals surface area contributed by atoms with Gasteiger partial charge in [-0.1, -0.05) is 0 Å². The topological polar surface area (TPSA) is 65.0 Å². The van der Waals surface area contributed by atoms with Crippen LogP contribution in [0.2, 0.25) is 0 Å². The maximum absolute atomic E-state index is 14.1. The van der Waals surface area contributed by atoms with Crippen LogP contribution in [0.3, 0.4) is 0 Å². The van der Waals surface area contributed by atoms with Crippen LogP contribution in [-0.4, -0.2) is 73.8 Å². The minimum Gasteiger partial charge on any atom is -0.497 e. The van der Waals surface area contributed by atoms with Gasteiger partial charge < -0.3 is 25.0 Å². The number of hydrogen-bond donors (Lipinski definition) is 2. The van der Waals surface area contributed by atoms with Gasteiger partial charge in [-0.05, 0) is 45.1 Å². The lowest BCUT2D eigenvalue weighted by molar-refractivity contribution is -0.159. The molecule has 1 saturated heterocycles. The van der Waals surface area contributed by atoms with E-state index in [0.717, 1.165) is 13.1 Å². The van der Waals surface area contributed by atoms with Crippen LogP contribution in [0.4, 0.5) is 4.39 Å². The first-order chi connectivity index (χ1) is 11.9. The fourth-order valence-electron chi connectivity index (χ4n) is 3.20. The van der Waals surface area contributed by atoms with Crippen LogP contribution < -0.4 is 10.1 Å². The molecule has 0 unspecified atom stereocenters. The molecule has 1 amide bonds. The molecule has 0 aromatic heterocycles. The van der Waals surface area contributed by atoms with Gasteiger partial charge in [0.05, 0.1) is 7.11 Å². The summed E-state index contributed by atoms with van der Waals surface area (Å²) in [5.74, 6) is -0.172. The second kappa shape index (κ2) is 8.60. The van der Waals surface area contributed by atoms with E-state index in [2.05, 4.69) is 5.32 Å². The van der Waals surface area contributed by atoms with Crippen molar-refractivity contribution in [2.75, 3.05) is 47.4 Å². The third-order valence-corrected chi connectivity index (χ3v) is 4.59. The number of likely N-dealkylation sites (tertiary alicyclic amines) is 1. The average molecular weight is 353 g/mol. The summed E-state index contributed by atoms with van der Waals surface area (Å²) in [6, 6.07) is 4.47. The number of halogens is 1. The van der Waals surface area contributed by atoms with E-state index in [1.807, 2.05) is 19.0 Å². The van der Waals surface area contributed by atoms with Crippen molar-refractivity contribution >= 4 is 5.91 Å². The van der Waals surface area contributed by atoms with E-state index in [1.54, 1.807) is 12.1 Å². The van der Waals surface area contributed by atoms with Gasteiger partial charge in [-0.15, -0.1) is 0 Å². The van der Waals surface area contributed by atoms with E-state index in [9.17, 15) is 14.3 Å². The molecule has 0 spiro atoms. The molecular formula is C18H28FN3O3. The first-order valence-corrected chi connectivity index (χ1v) is 8.57. The van der Waals surface area contributed by atoms with Crippen LogP contribution in [0, 0.1) is 5.82 Å². The molecule has 1 atom stereocenters. The Morgan fingerprint density at radius 1 is 1.48 bits per heavy atom. The number of carbonyl (C=O) groups is 1. The van der Waals surface area contributed by atoms with E-state index >= 15 is 0 Å². The molecule has 2 rings (SSSR count). The third kappa shape index (κ3) is 4.90. The van der Waals surface area contributed by atoms with Gasteiger partial charge in [0.2, 0.25) is 0 Å². The number of amides is 1. The molecule has 140 valence electrons. The molecule has 6 nitrogen and oxygen atoms in total. The van der Waals surface area contributed by atoms with Crippen LogP contribution in [0.1, 0.15) is 18.4 Å². The Labute approximate surface area is 148 Å². The molecule has 1 aliphatic rings. The fourth-order valence-corrected chi connectivity index (χ4v) is 3.20. The highest BCUT2D eigenvalue weighted by Crippen LogP contribution is 2.26. The largest absolute Gasteiger partial charge is 0.497 e. The molecular weight excluding hydrogens is 325 g/mol. The van der Waals surface area contributed by atoms with Gasteiger partial charge in [-0.25, -0.2) is 4.39 Å². The van der Waals surface area contributed by atoms with Crippen molar-refractivity contribution in [2.24, 2.45) is 0 Å². The number of piperidine rings is 1. The fraction of sp³-hybridized carbons (Fsp3) is 0.611. The second-order valence-electron chi connectivity index (χ2n) is 6.66. The maximum Gasteiger partial charge on any atom is 0.256 e. The quantitative estimate of drug-likeness (QED) is 0.725. The number of hydrogen-bond acceptors (Lipinski definition) is 5. The monoisotopic (exact) mass is 353 g/mol. The van der Waals surface area contributed by atoms with E-state index in [4.69, 9.17) is 4.74 Å². The Morgan fingerprint density at radius 3 is 2.92 bits per heavy atom. The molecule has 0 aliphatic carbocycles. The summed E-state index contributed by atoms with van der Waals surface area (Å²) in [5.41, 5.74) is -1.03. The maximum atomic E-state index is 14.1.